The Kier molecular flexibility index (Phi) is 5.10. The molecule has 2 aromatic heterocycles. The molecule has 1 atom stereocenters. The number of rotatable bonds is 6. The van der Waals surface area contributed by atoms with Gasteiger partial charge in [0.25, 0.3) is 0 Å². The molecule has 1 unspecified atom stereocenters. The standard InChI is InChI=1S/C22H17N3O6/c1-30-13-9-5-8-12(10-13)15-16-20(31-21(25-16)11-6-3-2-4-7-11)19(27)17(24-15)18(26)14(23)22(28)29/h2-10,14,27H,23H2,1H3,(H,28,29). The van der Waals surface area contributed by atoms with Crippen LogP contribution in [0.4, 0.5) is 0 Å². The minimum Gasteiger partial charge on any atom is -0.503 e. The van der Waals surface area contributed by atoms with E-state index in [1.54, 1.807) is 48.5 Å². The van der Waals surface area contributed by atoms with Gasteiger partial charge in [-0.2, -0.15) is 0 Å². The molecule has 0 aliphatic rings. The molecular weight excluding hydrogens is 402 g/mol. The normalized spacial score (nSPS) is 11.9. The van der Waals surface area contributed by atoms with Crippen molar-refractivity contribution in [2.45, 2.75) is 6.04 Å². The van der Waals surface area contributed by atoms with Crippen molar-refractivity contribution in [2.75, 3.05) is 7.11 Å². The minimum atomic E-state index is -1.90. The number of carbonyl (C=O) groups excluding carboxylic acids is 1. The number of carboxylic acid groups (broad SMARTS) is 1. The number of carbonyl (C=O) groups is 2. The number of fused-ring (bicyclic) bond motifs is 1. The van der Waals surface area contributed by atoms with Crippen LogP contribution in [0.1, 0.15) is 10.5 Å². The molecule has 0 radical (unpaired) electrons. The number of aliphatic carboxylic acids is 1. The lowest BCUT2D eigenvalue weighted by atomic mass is 10.1. The van der Waals surface area contributed by atoms with Gasteiger partial charge in [0.1, 0.15) is 17.0 Å². The first-order chi connectivity index (χ1) is 14.9. The zero-order chi connectivity index (χ0) is 22.1. The van der Waals surface area contributed by atoms with Crippen molar-refractivity contribution in [3.63, 3.8) is 0 Å². The van der Waals surface area contributed by atoms with Crippen LogP contribution in [0.2, 0.25) is 0 Å². The molecule has 31 heavy (non-hydrogen) atoms. The molecule has 0 aliphatic heterocycles. The van der Waals surface area contributed by atoms with E-state index >= 15 is 0 Å². The number of methoxy groups -OCH3 is 1. The first kappa shape index (κ1) is 20.0. The number of nitrogens with two attached hydrogens (primary N) is 1. The number of carboxylic acids is 1. The van der Waals surface area contributed by atoms with Gasteiger partial charge in [0.05, 0.1) is 7.11 Å². The molecule has 0 saturated heterocycles. The van der Waals surface area contributed by atoms with Crippen LogP contribution in [0.3, 0.4) is 0 Å². The van der Waals surface area contributed by atoms with E-state index in [0.29, 0.717) is 16.9 Å². The molecule has 9 heteroatoms. The molecule has 0 bridgehead atoms. The van der Waals surface area contributed by atoms with Gasteiger partial charge in [0.15, 0.2) is 17.5 Å². The van der Waals surface area contributed by atoms with Crippen molar-refractivity contribution < 1.29 is 29.0 Å². The van der Waals surface area contributed by atoms with Crippen molar-refractivity contribution >= 4 is 22.9 Å². The lowest BCUT2D eigenvalue weighted by Crippen LogP contribution is -2.39. The lowest BCUT2D eigenvalue weighted by Gasteiger charge is -2.10. The van der Waals surface area contributed by atoms with Crippen LogP contribution < -0.4 is 10.5 Å². The Bertz CT molecular complexity index is 1300. The Morgan fingerprint density at radius 1 is 1.06 bits per heavy atom. The van der Waals surface area contributed by atoms with E-state index in [2.05, 4.69) is 9.97 Å². The van der Waals surface area contributed by atoms with E-state index in [4.69, 9.17) is 20.0 Å². The quantitative estimate of drug-likeness (QED) is 0.317. The van der Waals surface area contributed by atoms with Gasteiger partial charge in [-0.15, -0.1) is 0 Å². The highest BCUT2D eigenvalue weighted by Crippen LogP contribution is 2.38. The fourth-order valence-electron chi connectivity index (χ4n) is 3.07. The zero-order valence-electron chi connectivity index (χ0n) is 16.3. The van der Waals surface area contributed by atoms with Crippen LogP contribution in [0.5, 0.6) is 11.5 Å². The van der Waals surface area contributed by atoms with Gasteiger partial charge in [-0.25, -0.2) is 9.97 Å². The fourth-order valence-corrected chi connectivity index (χ4v) is 3.07. The number of ether oxygens (including phenoxy) is 1. The molecule has 156 valence electrons. The second kappa shape index (κ2) is 7.88. The monoisotopic (exact) mass is 419 g/mol. The number of pyridine rings is 1. The largest absolute Gasteiger partial charge is 0.503 e. The lowest BCUT2D eigenvalue weighted by molar-refractivity contribution is -0.137. The third kappa shape index (κ3) is 3.58. The number of oxazole rings is 1. The van der Waals surface area contributed by atoms with Crippen LogP contribution in [-0.4, -0.2) is 45.1 Å². The summed E-state index contributed by atoms with van der Waals surface area (Å²) in [5, 5.41) is 19.8. The highest BCUT2D eigenvalue weighted by atomic mass is 16.5. The Balaban J connectivity index is 2.01. The van der Waals surface area contributed by atoms with Gasteiger partial charge in [-0.05, 0) is 24.3 Å². The highest BCUT2D eigenvalue weighted by Gasteiger charge is 2.31. The summed E-state index contributed by atoms with van der Waals surface area (Å²) in [7, 11) is 1.50. The van der Waals surface area contributed by atoms with E-state index in [9.17, 15) is 14.7 Å². The Labute approximate surface area is 175 Å². The molecule has 0 amide bonds. The van der Waals surface area contributed by atoms with Crippen molar-refractivity contribution in [1.29, 1.82) is 0 Å². The average molecular weight is 419 g/mol. The summed E-state index contributed by atoms with van der Waals surface area (Å²) in [6.45, 7) is 0. The van der Waals surface area contributed by atoms with Crippen LogP contribution in [-0.2, 0) is 4.79 Å². The van der Waals surface area contributed by atoms with Crippen LogP contribution in [0.15, 0.2) is 59.0 Å². The Hall–Kier alpha value is -4.24. The summed E-state index contributed by atoms with van der Waals surface area (Å²) in [6, 6.07) is 13.9. The number of hydrogen-bond acceptors (Lipinski definition) is 8. The zero-order valence-corrected chi connectivity index (χ0v) is 16.3. The topological polar surface area (TPSA) is 149 Å². The summed E-state index contributed by atoms with van der Waals surface area (Å²) in [6.07, 6.45) is 0. The smallest absolute Gasteiger partial charge is 0.328 e. The number of hydrogen-bond donors (Lipinski definition) is 3. The number of benzene rings is 2. The number of Topliss-reactive ketones (excluding diaryl/α,β-unsaturated/α-hetero) is 1. The van der Waals surface area contributed by atoms with E-state index in [1.807, 2.05) is 6.07 Å². The van der Waals surface area contributed by atoms with Crippen molar-refractivity contribution in [2.24, 2.45) is 5.73 Å². The van der Waals surface area contributed by atoms with Gasteiger partial charge in [-0.3, -0.25) is 9.59 Å². The van der Waals surface area contributed by atoms with Gasteiger partial charge in [0.2, 0.25) is 17.3 Å². The molecule has 0 spiro atoms. The molecular formula is C22H17N3O6. The predicted molar refractivity (Wildman–Crippen MR) is 111 cm³/mol. The Morgan fingerprint density at radius 2 is 1.77 bits per heavy atom. The average Bonchev–Trinajstić information content (AvgIpc) is 3.25. The van der Waals surface area contributed by atoms with E-state index in [-0.39, 0.29) is 22.7 Å². The van der Waals surface area contributed by atoms with E-state index < -0.39 is 29.2 Å². The summed E-state index contributed by atoms with van der Waals surface area (Å²) in [4.78, 5) is 32.5. The number of ketones is 1. The molecule has 4 rings (SSSR count). The first-order valence-electron chi connectivity index (χ1n) is 9.16. The molecule has 4 N–H and O–H groups in total. The van der Waals surface area contributed by atoms with Gasteiger partial charge in [-0.1, -0.05) is 30.3 Å². The molecule has 9 nitrogen and oxygen atoms in total. The minimum absolute atomic E-state index is 0.104. The SMILES string of the molecule is COc1cccc(-c2nc(C(=O)C(N)C(=O)O)c(O)c3oc(-c4ccccc4)nc23)c1. The predicted octanol–water partition coefficient (Wildman–Crippen LogP) is 2.87. The second-order valence-corrected chi connectivity index (χ2v) is 6.63. The molecule has 4 aromatic rings. The highest BCUT2D eigenvalue weighted by molar-refractivity contribution is 6.14. The summed E-state index contributed by atoms with van der Waals surface area (Å²) in [5.74, 6) is -2.50. The third-order valence-electron chi connectivity index (χ3n) is 4.66. The van der Waals surface area contributed by atoms with Crippen molar-refractivity contribution in [1.82, 2.24) is 9.97 Å². The van der Waals surface area contributed by atoms with Gasteiger partial charge in [0, 0.05) is 11.1 Å². The summed E-state index contributed by atoms with van der Waals surface area (Å²) >= 11 is 0. The number of nitrogens with zero attached hydrogens (tertiary/aromatic N) is 2. The molecule has 0 aliphatic carbocycles. The number of aromatic nitrogens is 2. The van der Waals surface area contributed by atoms with Crippen molar-refractivity contribution in [3.05, 3.63) is 60.3 Å². The summed E-state index contributed by atoms with van der Waals surface area (Å²) < 4.78 is 11.0. The van der Waals surface area contributed by atoms with Crippen LogP contribution in [0.25, 0.3) is 33.8 Å². The van der Waals surface area contributed by atoms with E-state index in [0.717, 1.165) is 0 Å². The molecule has 0 saturated carbocycles. The van der Waals surface area contributed by atoms with E-state index in [1.165, 1.54) is 7.11 Å². The maximum Gasteiger partial charge on any atom is 0.328 e. The second-order valence-electron chi connectivity index (χ2n) is 6.63. The fraction of sp³-hybridized carbons (Fsp3) is 0.0909. The van der Waals surface area contributed by atoms with Gasteiger partial charge < -0.3 is 25.1 Å². The van der Waals surface area contributed by atoms with Crippen LogP contribution in [0, 0.1) is 0 Å². The van der Waals surface area contributed by atoms with Gasteiger partial charge >= 0.3 is 5.97 Å². The Morgan fingerprint density at radius 3 is 2.45 bits per heavy atom. The first-order valence-corrected chi connectivity index (χ1v) is 9.16. The summed E-state index contributed by atoms with van der Waals surface area (Å²) in [5.41, 5.74) is 6.42. The van der Waals surface area contributed by atoms with Crippen LogP contribution >= 0.6 is 0 Å². The maximum absolute atomic E-state index is 12.6. The molecule has 0 fully saturated rings. The maximum atomic E-state index is 12.6. The van der Waals surface area contributed by atoms with Crippen molar-refractivity contribution in [3.8, 4) is 34.2 Å². The molecule has 2 aromatic carbocycles. The third-order valence-corrected chi connectivity index (χ3v) is 4.66. The molecule has 2 heterocycles. The number of aromatic hydroxyl groups is 1.